The Morgan fingerprint density at radius 3 is 2.43 bits per heavy atom. The number of hydrogen-bond donors (Lipinski definition) is 1. The number of benzene rings is 2. The molecule has 0 aliphatic carbocycles. The number of aromatic nitrogens is 1. The van der Waals surface area contributed by atoms with E-state index < -0.39 is 5.91 Å². The van der Waals surface area contributed by atoms with Gasteiger partial charge in [0.05, 0.1) is 0 Å². The second-order valence-electron chi connectivity index (χ2n) is 4.99. The number of carbonyl (C=O) groups is 1. The van der Waals surface area contributed by atoms with Gasteiger partial charge in [-0.1, -0.05) is 17.7 Å². The Labute approximate surface area is 121 Å². The first-order valence-corrected chi connectivity index (χ1v) is 6.58. The Bertz CT molecular complexity index is 893. The molecule has 0 radical (unpaired) electrons. The van der Waals surface area contributed by atoms with E-state index in [-0.39, 0.29) is 5.56 Å². The molecule has 4 nitrogen and oxygen atoms in total. The van der Waals surface area contributed by atoms with Crippen molar-refractivity contribution in [3.8, 4) is 5.69 Å². The molecule has 0 fully saturated rings. The summed E-state index contributed by atoms with van der Waals surface area (Å²) in [5.74, 6) is -0.500. The molecule has 0 aliphatic rings. The van der Waals surface area contributed by atoms with E-state index in [0.29, 0.717) is 16.3 Å². The number of hydrogen-bond acceptors (Lipinski definition) is 2. The van der Waals surface area contributed by atoms with Crippen molar-refractivity contribution in [2.75, 3.05) is 0 Å². The molecular formula is C17H14N2O2. The van der Waals surface area contributed by atoms with Crippen LogP contribution >= 0.6 is 0 Å². The summed E-state index contributed by atoms with van der Waals surface area (Å²) in [6, 6.07) is 14.4. The maximum Gasteiger partial charge on any atom is 0.262 e. The molecule has 0 saturated heterocycles. The molecule has 1 aromatic heterocycles. The fourth-order valence-electron chi connectivity index (χ4n) is 2.31. The SMILES string of the molecule is Cc1ccc(-n2ccc3cc(C(N)=O)ccc3c2=O)cc1. The zero-order chi connectivity index (χ0) is 15.0. The van der Waals surface area contributed by atoms with Gasteiger partial charge < -0.3 is 5.73 Å². The number of pyridine rings is 1. The van der Waals surface area contributed by atoms with E-state index >= 15 is 0 Å². The highest BCUT2D eigenvalue weighted by atomic mass is 16.1. The second kappa shape index (κ2) is 4.90. The number of nitrogens with zero attached hydrogens (tertiary/aromatic N) is 1. The van der Waals surface area contributed by atoms with E-state index in [4.69, 9.17) is 5.73 Å². The van der Waals surface area contributed by atoms with Crippen molar-refractivity contribution in [3.05, 3.63) is 76.2 Å². The van der Waals surface area contributed by atoms with Gasteiger partial charge >= 0.3 is 0 Å². The van der Waals surface area contributed by atoms with Gasteiger partial charge in [-0.3, -0.25) is 14.2 Å². The van der Waals surface area contributed by atoms with Crippen molar-refractivity contribution in [1.29, 1.82) is 0 Å². The average molecular weight is 278 g/mol. The highest BCUT2D eigenvalue weighted by molar-refractivity contribution is 5.97. The van der Waals surface area contributed by atoms with Crippen LogP contribution in [0.2, 0.25) is 0 Å². The summed E-state index contributed by atoms with van der Waals surface area (Å²) in [5, 5.41) is 1.27. The van der Waals surface area contributed by atoms with Crippen LogP contribution < -0.4 is 11.3 Å². The lowest BCUT2D eigenvalue weighted by Crippen LogP contribution is -2.18. The van der Waals surface area contributed by atoms with Crippen LogP contribution in [-0.4, -0.2) is 10.5 Å². The number of nitrogens with two attached hydrogens (primary N) is 1. The molecule has 21 heavy (non-hydrogen) atoms. The molecule has 1 amide bonds. The van der Waals surface area contributed by atoms with Crippen LogP contribution in [0.5, 0.6) is 0 Å². The minimum atomic E-state index is -0.500. The Kier molecular flexibility index (Phi) is 3.06. The van der Waals surface area contributed by atoms with Crippen molar-refractivity contribution in [2.24, 2.45) is 5.73 Å². The molecule has 104 valence electrons. The van der Waals surface area contributed by atoms with Crippen LogP contribution in [0.25, 0.3) is 16.5 Å². The van der Waals surface area contributed by atoms with Crippen LogP contribution in [0.3, 0.4) is 0 Å². The highest BCUT2D eigenvalue weighted by Crippen LogP contribution is 2.14. The topological polar surface area (TPSA) is 65.1 Å². The zero-order valence-electron chi connectivity index (χ0n) is 11.5. The van der Waals surface area contributed by atoms with E-state index in [1.54, 1.807) is 29.0 Å². The van der Waals surface area contributed by atoms with Crippen molar-refractivity contribution < 1.29 is 4.79 Å². The molecular weight excluding hydrogens is 264 g/mol. The van der Waals surface area contributed by atoms with Crippen LogP contribution in [0.1, 0.15) is 15.9 Å². The van der Waals surface area contributed by atoms with Gasteiger partial charge in [0.1, 0.15) is 0 Å². The Morgan fingerprint density at radius 1 is 1.05 bits per heavy atom. The Morgan fingerprint density at radius 2 is 1.76 bits per heavy atom. The van der Waals surface area contributed by atoms with Gasteiger partial charge in [-0.15, -0.1) is 0 Å². The summed E-state index contributed by atoms with van der Waals surface area (Å²) in [6.07, 6.45) is 1.71. The van der Waals surface area contributed by atoms with Crippen LogP contribution in [0, 0.1) is 6.92 Å². The molecule has 3 rings (SSSR count). The minimum Gasteiger partial charge on any atom is -0.366 e. The molecule has 4 heteroatoms. The fourth-order valence-corrected chi connectivity index (χ4v) is 2.31. The maximum atomic E-state index is 12.5. The zero-order valence-corrected chi connectivity index (χ0v) is 11.5. The summed E-state index contributed by atoms with van der Waals surface area (Å²) < 4.78 is 1.59. The summed E-state index contributed by atoms with van der Waals surface area (Å²) in [6.45, 7) is 2.00. The standard InChI is InChI=1S/C17H14N2O2/c1-11-2-5-14(6-3-11)19-9-8-12-10-13(16(18)20)4-7-15(12)17(19)21/h2-10H,1H3,(H2,18,20). The fraction of sp³-hybridized carbons (Fsp3) is 0.0588. The predicted molar refractivity (Wildman–Crippen MR) is 82.8 cm³/mol. The quantitative estimate of drug-likeness (QED) is 0.782. The molecule has 2 aromatic carbocycles. The number of amides is 1. The Hall–Kier alpha value is -2.88. The molecule has 2 N–H and O–H groups in total. The number of fused-ring (bicyclic) bond motifs is 1. The first kappa shape index (κ1) is 13.1. The third-order valence-electron chi connectivity index (χ3n) is 3.50. The smallest absolute Gasteiger partial charge is 0.262 e. The van der Waals surface area contributed by atoms with E-state index in [9.17, 15) is 9.59 Å². The lowest BCUT2D eigenvalue weighted by molar-refractivity contribution is 0.100. The second-order valence-corrected chi connectivity index (χ2v) is 4.99. The summed E-state index contributed by atoms with van der Waals surface area (Å²) in [4.78, 5) is 23.7. The largest absolute Gasteiger partial charge is 0.366 e. The summed E-state index contributed by atoms with van der Waals surface area (Å²) in [7, 11) is 0. The van der Waals surface area contributed by atoms with Crippen LogP contribution in [0.4, 0.5) is 0 Å². The molecule has 0 bridgehead atoms. The molecule has 0 saturated carbocycles. The first-order valence-electron chi connectivity index (χ1n) is 6.58. The maximum absolute atomic E-state index is 12.5. The van der Waals surface area contributed by atoms with E-state index in [0.717, 1.165) is 11.3 Å². The van der Waals surface area contributed by atoms with E-state index in [1.807, 2.05) is 37.3 Å². The van der Waals surface area contributed by atoms with Crippen molar-refractivity contribution >= 4 is 16.7 Å². The van der Waals surface area contributed by atoms with Crippen LogP contribution in [0.15, 0.2) is 59.5 Å². The lowest BCUT2D eigenvalue weighted by atomic mass is 10.1. The monoisotopic (exact) mass is 278 g/mol. The van der Waals surface area contributed by atoms with E-state index in [2.05, 4.69) is 0 Å². The lowest BCUT2D eigenvalue weighted by Gasteiger charge is -2.08. The van der Waals surface area contributed by atoms with Gasteiger partial charge in [0.2, 0.25) is 5.91 Å². The minimum absolute atomic E-state index is 0.118. The number of primary amides is 1. The summed E-state index contributed by atoms with van der Waals surface area (Å²) in [5.41, 5.74) is 7.48. The number of rotatable bonds is 2. The number of carbonyl (C=O) groups excluding carboxylic acids is 1. The highest BCUT2D eigenvalue weighted by Gasteiger charge is 2.07. The molecule has 0 unspecified atom stereocenters. The predicted octanol–water partition coefficient (Wildman–Crippen LogP) is 2.40. The van der Waals surface area contributed by atoms with Gasteiger partial charge in [-0.25, -0.2) is 0 Å². The molecule has 0 aliphatic heterocycles. The third kappa shape index (κ3) is 2.31. The van der Waals surface area contributed by atoms with E-state index in [1.165, 1.54) is 0 Å². The van der Waals surface area contributed by atoms with Gasteiger partial charge in [0.15, 0.2) is 0 Å². The Balaban J connectivity index is 2.21. The van der Waals surface area contributed by atoms with Gasteiger partial charge in [-0.05, 0) is 48.7 Å². The third-order valence-corrected chi connectivity index (χ3v) is 3.50. The molecule has 3 aromatic rings. The van der Waals surface area contributed by atoms with Crippen molar-refractivity contribution in [3.63, 3.8) is 0 Å². The number of aryl methyl sites for hydroxylation is 1. The van der Waals surface area contributed by atoms with Crippen molar-refractivity contribution in [1.82, 2.24) is 4.57 Å². The van der Waals surface area contributed by atoms with Gasteiger partial charge in [-0.2, -0.15) is 0 Å². The summed E-state index contributed by atoms with van der Waals surface area (Å²) >= 11 is 0. The van der Waals surface area contributed by atoms with Crippen molar-refractivity contribution in [2.45, 2.75) is 6.92 Å². The molecule has 0 atom stereocenters. The van der Waals surface area contributed by atoms with Crippen LogP contribution in [-0.2, 0) is 0 Å². The van der Waals surface area contributed by atoms with Gasteiger partial charge in [0.25, 0.3) is 5.56 Å². The normalized spacial score (nSPS) is 10.7. The molecule has 0 spiro atoms. The molecule has 1 heterocycles. The van der Waals surface area contributed by atoms with Gasteiger partial charge in [0, 0.05) is 22.8 Å². The first-order chi connectivity index (χ1) is 10.1. The average Bonchev–Trinajstić information content (AvgIpc) is 2.48.